The van der Waals surface area contributed by atoms with Crippen molar-refractivity contribution < 1.29 is 0 Å². The van der Waals surface area contributed by atoms with Gasteiger partial charge < -0.3 is 5.32 Å². The highest BCUT2D eigenvalue weighted by Gasteiger charge is 2.11. The number of aryl methyl sites for hydroxylation is 2. The first-order chi connectivity index (χ1) is 8.40. The quantitative estimate of drug-likeness (QED) is 0.924. The molecule has 0 amide bonds. The van der Waals surface area contributed by atoms with Crippen molar-refractivity contribution in [2.75, 3.05) is 5.32 Å². The number of nitrogens with one attached hydrogen (secondary N) is 1. The molecule has 18 heavy (non-hydrogen) atoms. The van der Waals surface area contributed by atoms with Crippen LogP contribution < -0.4 is 10.9 Å². The summed E-state index contributed by atoms with van der Waals surface area (Å²) in [5.74, 6) is 0.548. The van der Waals surface area contributed by atoms with E-state index in [0.29, 0.717) is 16.1 Å². The van der Waals surface area contributed by atoms with Gasteiger partial charge in [0, 0.05) is 18.5 Å². The third kappa shape index (κ3) is 2.25. The monoisotopic (exact) mass is 310 g/mol. The van der Waals surface area contributed by atoms with Crippen molar-refractivity contribution in [2.24, 2.45) is 7.05 Å². The van der Waals surface area contributed by atoms with Crippen LogP contribution in [0, 0.1) is 6.92 Å². The molecule has 0 aliphatic rings. The number of pyridine rings is 1. The predicted molar refractivity (Wildman–Crippen MR) is 76.0 cm³/mol. The number of halogens is 1. The summed E-state index contributed by atoms with van der Waals surface area (Å²) in [5.41, 5.74) is 1.38. The summed E-state index contributed by atoms with van der Waals surface area (Å²) in [4.78, 5) is 20.7. The standard InChI is InChI=1S/C12H15BrN4O/c1-6(2)14-12-15-7(3)8-5-9(13)11(18)17(4)10(8)16-12/h5-6H,1-4H3,(H,14,15,16). The summed E-state index contributed by atoms with van der Waals surface area (Å²) in [6, 6.07) is 2.01. The van der Waals surface area contributed by atoms with Crippen LogP contribution in [0.5, 0.6) is 0 Å². The van der Waals surface area contributed by atoms with E-state index in [-0.39, 0.29) is 11.6 Å². The second kappa shape index (κ2) is 4.68. The molecule has 1 N–H and O–H groups in total. The van der Waals surface area contributed by atoms with Gasteiger partial charge in [-0.2, -0.15) is 4.98 Å². The molecule has 2 heterocycles. The van der Waals surface area contributed by atoms with Crippen molar-refractivity contribution in [3.8, 4) is 0 Å². The molecule has 2 rings (SSSR count). The molecule has 0 unspecified atom stereocenters. The van der Waals surface area contributed by atoms with Gasteiger partial charge >= 0.3 is 0 Å². The van der Waals surface area contributed by atoms with Crippen LogP contribution in [0.1, 0.15) is 19.5 Å². The molecular formula is C12H15BrN4O. The van der Waals surface area contributed by atoms with Crippen LogP contribution in [-0.4, -0.2) is 20.6 Å². The first kappa shape index (κ1) is 13.0. The molecule has 0 atom stereocenters. The molecule has 0 fully saturated rings. The van der Waals surface area contributed by atoms with Gasteiger partial charge in [0.05, 0.1) is 10.2 Å². The number of fused-ring (bicyclic) bond motifs is 1. The molecule has 0 aromatic carbocycles. The van der Waals surface area contributed by atoms with Crippen molar-refractivity contribution in [3.63, 3.8) is 0 Å². The Balaban J connectivity index is 2.75. The molecule has 0 radical (unpaired) electrons. The number of hydrogen-bond donors (Lipinski definition) is 1. The third-order valence-electron chi connectivity index (χ3n) is 2.63. The Bertz CT molecular complexity index is 663. The van der Waals surface area contributed by atoms with Crippen LogP contribution in [-0.2, 0) is 7.05 Å². The van der Waals surface area contributed by atoms with Crippen LogP contribution >= 0.6 is 15.9 Å². The zero-order valence-corrected chi connectivity index (χ0v) is 12.4. The van der Waals surface area contributed by atoms with E-state index in [1.807, 2.05) is 20.8 Å². The fourth-order valence-electron chi connectivity index (χ4n) is 1.76. The lowest BCUT2D eigenvalue weighted by atomic mass is 10.2. The Labute approximate surface area is 113 Å². The minimum Gasteiger partial charge on any atom is -0.352 e. The van der Waals surface area contributed by atoms with E-state index in [0.717, 1.165) is 11.1 Å². The van der Waals surface area contributed by atoms with Crippen LogP contribution in [0.4, 0.5) is 5.95 Å². The lowest BCUT2D eigenvalue weighted by Gasteiger charge is -2.12. The van der Waals surface area contributed by atoms with Crippen molar-refractivity contribution in [1.82, 2.24) is 14.5 Å². The molecule has 5 nitrogen and oxygen atoms in total. The number of aromatic nitrogens is 3. The van der Waals surface area contributed by atoms with Crippen LogP contribution in [0.15, 0.2) is 15.3 Å². The van der Waals surface area contributed by atoms with Gasteiger partial charge in [-0.05, 0) is 42.8 Å². The highest BCUT2D eigenvalue weighted by molar-refractivity contribution is 9.10. The van der Waals surface area contributed by atoms with E-state index >= 15 is 0 Å². The number of hydrogen-bond acceptors (Lipinski definition) is 4. The molecule has 2 aromatic heterocycles. The van der Waals surface area contributed by atoms with Gasteiger partial charge in [0.25, 0.3) is 5.56 Å². The maximum absolute atomic E-state index is 11.9. The van der Waals surface area contributed by atoms with Gasteiger partial charge in [-0.15, -0.1) is 0 Å². The summed E-state index contributed by atoms with van der Waals surface area (Å²) in [7, 11) is 1.71. The van der Waals surface area contributed by atoms with E-state index in [4.69, 9.17) is 0 Å². The Morgan fingerprint density at radius 2 is 2.06 bits per heavy atom. The van der Waals surface area contributed by atoms with Crippen LogP contribution in [0.2, 0.25) is 0 Å². The molecule has 0 saturated carbocycles. The maximum atomic E-state index is 11.9. The summed E-state index contributed by atoms with van der Waals surface area (Å²) in [6.07, 6.45) is 0. The topological polar surface area (TPSA) is 59.8 Å². The highest BCUT2D eigenvalue weighted by atomic mass is 79.9. The fourth-order valence-corrected chi connectivity index (χ4v) is 2.25. The Morgan fingerprint density at radius 3 is 2.67 bits per heavy atom. The second-order valence-corrected chi connectivity index (χ2v) is 5.38. The number of rotatable bonds is 2. The summed E-state index contributed by atoms with van der Waals surface area (Å²) in [6.45, 7) is 5.94. The predicted octanol–water partition coefficient (Wildman–Crippen LogP) is 2.22. The van der Waals surface area contributed by atoms with Crippen molar-refractivity contribution >= 4 is 32.9 Å². The molecule has 96 valence electrons. The van der Waals surface area contributed by atoms with E-state index < -0.39 is 0 Å². The van der Waals surface area contributed by atoms with E-state index in [1.54, 1.807) is 13.1 Å². The summed E-state index contributed by atoms with van der Waals surface area (Å²) >= 11 is 3.26. The summed E-state index contributed by atoms with van der Waals surface area (Å²) in [5, 5.41) is 4.02. The zero-order valence-electron chi connectivity index (χ0n) is 10.8. The molecule has 0 saturated heterocycles. The first-order valence-electron chi connectivity index (χ1n) is 5.70. The molecule has 6 heteroatoms. The Kier molecular flexibility index (Phi) is 3.38. The lowest BCUT2D eigenvalue weighted by Crippen LogP contribution is -2.20. The normalized spacial score (nSPS) is 11.2. The lowest BCUT2D eigenvalue weighted by molar-refractivity contribution is 0.851. The van der Waals surface area contributed by atoms with E-state index in [1.165, 1.54) is 4.57 Å². The molecule has 0 bridgehead atoms. The smallest absolute Gasteiger partial charge is 0.266 e. The molecule has 0 spiro atoms. The fraction of sp³-hybridized carbons (Fsp3) is 0.417. The van der Waals surface area contributed by atoms with Crippen molar-refractivity contribution in [3.05, 3.63) is 26.6 Å². The molecular weight excluding hydrogens is 296 g/mol. The highest BCUT2D eigenvalue weighted by Crippen LogP contribution is 2.18. The minimum atomic E-state index is -0.101. The zero-order chi connectivity index (χ0) is 13.4. The van der Waals surface area contributed by atoms with E-state index in [9.17, 15) is 4.79 Å². The Hall–Kier alpha value is -1.43. The van der Waals surface area contributed by atoms with Gasteiger partial charge in [0.2, 0.25) is 5.95 Å². The summed E-state index contributed by atoms with van der Waals surface area (Å²) < 4.78 is 2.05. The molecule has 0 aliphatic heterocycles. The van der Waals surface area contributed by atoms with Gasteiger partial charge in [-0.3, -0.25) is 9.36 Å². The van der Waals surface area contributed by atoms with Gasteiger partial charge in [-0.1, -0.05) is 0 Å². The SMILES string of the molecule is Cc1nc(NC(C)C)nc2c1cc(Br)c(=O)n2C. The average Bonchev–Trinajstić information content (AvgIpc) is 2.27. The number of nitrogens with zero attached hydrogens (tertiary/aromatic N) is 3. The van der Waals surface area contributed by atoms with Crippen LogP contribution in [0.3, 0.4) is 0 Å². The van der Waals surface area contributed by atoms with Gasteiger partial charge in [0.1, 0.15) is 5.65 Å². The Morgan fingerprint density at radius 1 is 1.39 bits per heavy atom. The largest absolute Gasteiger partial charge is 0.352 e. The van der Waals surface area contributed by atoms with Crippen molar-refractivity contribution in [1.29, 1.82) is 0 Å². The minimum absolute atomic E-state index is 0.101. The van der Waals surface area contributed by atoms with Gasteiger partial charge in [-0.25, -0.2) is 4.98 Å². The molecule has 2 aromatic rings. The second-order valence-electron chi connectivity index (χ2n) is 4.53. The first-order valence-corrected chi connectivity index (χ1v) is 6.50. The average molecular weight is 311 g/mol. The van der Waals surface area contributed by atoms with Gasteiger partial charge in [0.15, 0.2) is 0 Å². The van der Waals surface area contributed by atoms with Crippen LogP contribution in [0.25, 0.3) is 11.0 Å². The number of anilines is 1. The van der Waals surface area contributed by atoms with Crippen molar-refractivity contribution in [2.45, 2.75) is 26.8 Å². The third-order valence-corrected chi connectivity index (χ3v) is 3.20. The molecule has 0 aliphatic carbocycles. The maximum Gasteiger partial charge on any atom is 0.266 e. The van der Waals surface area contributed by atoms with E-state index in [2.05, 4.69) is 31.2 Å².